The van der Waals surface area contributed by atoms with Gasteiger partial charge < -0.3 is 19.4 Å². The number of thioether (sulfide) groups is 1. The Balaban J connectivity index is 1.55. The minimum atomic E-state index is -0.217. The van der Waals surface area contributed by atoms with Crippen molar-refractivity contribution in [2.75, 3.05) is 24.8 Å². The average molecular weight is 459 g/mol. The highest BCUT2D eigenvalue weighted by Gasteiger charge is 2.16. The van der Waals surface area contributed by atoms with E-state index in [1.165, 1.54) is 11.8 Å². The van der Waals surface area contributed by atoms with E-state index in [1.807, 2.05) is 34.9 Å². The van der Waals surface area contributed by atoms with Crippen LogP contribution in [0, 0.1) is 0 Å². The van der Waals surface area contributed by atoms with E-state index in [1.54, 1.807) is 31.4 Å². The quantitative estimate of drug-likeness (QED) is 0.259. The molecule has 1 amide bonds. The van der Waals surface area contributed by atoms with Gasteiger partial charge in [-0.3, -0.25) is 4.79 Å². The van der Waals surface area contributed by atoms with Crippen molar-refractivity contribution in [2.24, 2.45) is 0 Å². The molecule has 0 aliphatic heterocycles. The monoisotopic (exact) mass is 458 g/mol. The number of hydrogen-bond donors (Lipinski definition) is 1. The van der Waals surface area contributed by atoms with Crippen molar-refractivity contribution in [3.05, 3.63) is 72.0 Å². The highest BCUT2D eigenvalue weighted by atomic mass is 35.5. The fraction of sp³-hybridized carbons (Fsp3) is 0.227. The number of nitrogens with zero attached hydrogens (tertiary/aromatic N) is 3. The van der Waals surface area contributed by atoms with E-state index >= 15 is 0 Å². The molecular formula is C22H23ClN4O3S. The summed E-state index contributed by atoms with van der Waals surface area (Å²) < 4.78 is 12.8. The summed E-state index contributed by atoms with van der Waals surface area (Å²) in [5.41, 5.74) is 0.564. The van der Waals surface area contributed by atoms with Gasteiger partial charge in [0.05, 0.1) is 30.8 Å². The number of hydrogen-bond acceptors (Lipinski definition) is 6. The van der Waals surface area contributed by atoms with Gasteiger partial charge in [0.1, 0.15) is 17.3 Å². The van der Waals surface area contributed by atoms with Crippen LogP contribution >= 0.6 is 23.4 Å². The van der Waals surface area contributed by atoms with Crippen molar-refractivity contribution < 1.29 is 14.3 Å². The first-order chi connectivity index (χ1) is 15.1. The largest absolute Gasteiger partial charge is 0.497 e. The lowest BCUT2D eigenvalue weighted by atomic mass is 10.3. The van der Waals surface area contributed by atoms with Crippen LogP contribution in [0.4, 0.5) is 5.69 Å². The Morgan fingerprint density at radius 1 is 1.19 bits per heavy atom. The van der Waals surface area contributed by atoms with Gasteiger partial charge in [0.15, 0.2) is 5.16 Å². The Kier molecular flexibility index (Phi) is 8.37. The van der Waals surface area contributed by atoms with Gasteiger partial charge >= 0.3 is 0 Å². The first-order valence-electron chi connectivity index (χ1n) is 9.57. The van der Waals surface area contributed by atoms with Gasteiger partial charge in [-0.05, 0) is 36.4 Å². The van der Waals surface area contributed by atoms with Crippen LogP contribution in [0.2, 0.25) is 5.02 Å². The fourth-order valence-corrected chi connectivity index (χ4v) is 3.70. The van der Waals surface area contributed by atoms with Crippen LogP contribution in [-0.4, -0.2) is 40.1 Å². The van der Waals surface area contributed by atoms with Gasteiger partial charge in [0.2, 0.25) is 5.91 Å². The minimum absolute atomic E-state index is 0.0783. The number of allylic oxidation sites excluding steroid dienone is 1. The predicted molar refractivity (Wildman–Crippen MR) is 123 cm³/mol. The van der Waals surface area contributed by atoms with Crippen molar-refractivity contribution in [1.29, 1.82) is 0 Å². The standard InChI is InChI=1S/C22H23ClN4O3S/c1-3-12-27-20(15-21(28)24-19-7-5-4-6-18(19)23)25-26-22(27)31-14-13-30-17-10-8-16(29-2)9-11-17/h3-11H,1,12-15H2,2H3,(H,24,28). The van der Waals surface area contributed by atoms with E-state index in [-0.39, 0.29) is 12.3 Å². The number of rotatable bonds is 11. The molecule has 1 aromatic heterocycles. The summed E-state index contributed by atoms with van der Waals surface area (Å²) in [5.74, 6) is 2.57. The number of ether oxygens (including phenoxy) is 2. The maximum atomic E-state index is 12.5. The molecule has 9 heteroatoms. The molecule has 0 saturated heterocycles. The third kappa shape index (κ3) is 6.50. The maximum absolute atomic E-state index is 12.5. The highest BCUT2D eigenvalue weighted by molar-refractivity contribution is 7.99. The van der Waals surface area contributed by atoms with Gasteiger partial charge in [-0.25, -0.2) is 0 Å². The lowest BCUT2D eigenvalue weighted by molar-refractivity contribution is -0.115. The molecule has 0 aliphatic rings. The average Bonchev–Trinajstić information content (AvgIpc) is 3.14. The predicted octanol–water partition coefficient (Wildman–Crippen LogP) is 4.48. The Morgan fingerprint density at radius 2 is 1.94 bits per heavy atom. The lowest BCUT2D eigenvalue weighted by Gasteiger charge is -2.10. The first-order valence-corrected chi connectivity index (χ1v) is 10.9. The highest BCUT2D eigenvalue weighted by Crippen LogP contribution is 2.22. The molecular weight excluding hydrogens is 436 g/mol. The molecule has 3 aromatic rings. The number of aromatic nitrogens is 3. The molecule has 0 fully saturated rings. The number of amides is 1. The summed E-state index contributed by atoms with van der Waals surface area (Å²) >= 11 is 7.61. The molecule has 0 bridgehead atoms. The van der Waals surface area contributed by atoms with E-state index in [0.717, 1.165) is 11.5 Å². The molecule has 1 N–H and O–H groups in total. The number of benzene rings is 2. The molecule has 31 heavy (non-hydrogen) atoms. The van der Waals surface area contributed by atoms with Crippen LogP contribution in [0.3, 0.4) is 0 Å². The second-order valence-electron chi connectivity index (χ2n) is 6.38. The van der Waals surface area contributed by atoms with Crippen molar-refractivity contribution >= 4 is 35.0 Å². The Labute approximate surface area is 190 Å². The molecule has 0 unspecified atom stereocenters. The van der Waals surface area contributed by atoms with Crippen LogP contribution < -0.4 is 14.8 Å². The molecule has 162 valence electrons. The van der Waals surface area contributed by atoms with Gasteiger partial charge in [-0.15, -0.1) is 16.8 Å². The topological polar surface area (TPSA) is 78.3 Å². The van der Waals surface area contributed by atoms with Crippen LogP contribution in [0.25, 0.3) is 0 Å². The molecule has 0 spiro atoms. The van der Waals surface area contributed by atoms with Crippen LogP contribution in [-0.2, 0) is 17.8 Å². The summed E-state index contributed by atoms with van der Waals surface area (Å²) in [5, 5.41) is 12.4. The molecule has 0 radical (unpaired) electrons. The molecule has 7 nitrogen and oxygen atoms in total. The van der Waals surface area contributed by atoms with Gasteiger partial charge in [-0.2, -0.15) is 0 Å². The lowest BCUT2D eigenvalue weighted by Crippen LogP contribution is -2.18. The van der Waals surface area contributed by atoms with Crippen molar-refractivity contribution in [3.8, 4) is 11.5 Å². The van der Waals surface area contributed by atoms with E-state index in [2.05, 4.69) is 22.1 Å². The van der Waals surface area contributed by atoms with Crippen molar-refractivity contribution in [1.82, 2.24) is 14.8 Å². The van der Waals surface area contributed by atoms with Gasteiger partial charge in [0, 0.05) is 12.3 Å². The summed E-state index contributed by atoms with van der Waals surface area (Å²) in [4.78, 5) is 12.5. The van der Waals surface area contributed by atoms with Gasteiger partial charge in [0.25, 0.3) is 0 Å². The van der Waals surface area contributed by atoms with Crippen molar-refractivity contribution in [3.63, 3.8) is 0 Å². The van der Waals surface area contributed by atoms with E-state index < -0.39 is 0 Å². The number of carbonyl (C=O) groups is 1. The van der Waals surface area contributed by atoms with Crippen molar-refractivity contribution in [2.45, 2.75) is 18.1 Å². The molecule has 0 saturated carbocycles. The van der Waals surface area contributed by atoms with E-state index in [4.69, 9.17) is 21.1 Å². The fourth-order valence-electron chi connectivity index (χ4n) is 2.73. The number of anilines is 1. The van der Waals surface area contributed by atoms with E-state index in [0.29, 0.717) is 40.6 Å². The number of carbonyl (C=O) groups excluding carboxylic acids is 1. The van der Waals surface area contributed by atoms with Gasteiger partial charge in [-0.1, -0.05) is 41.6 Å². The smallest absolute Gasteiger partial charge is 0.232 e. The summed E-state index contributed by atoms with van der Waals surface area (Å²) in [6.07, 6.45) is 1.83. The Morgan fingerprint density at radius 3 is 2.65 bits per heavy atom. The zero-order chi connectivity index (χ0) is 22.1. The summed E-state index contributed by atoms with van der Waals surface area (Å²) in [6.45, 7) is 4.79. The second-order valence-corrected chi connectivity index (χ2v) is 7.84. The number of para-hydroxylation sites is 1. The molecule has 2 aromatic carbocycles. The number of nitrogens with one attached hydrogen (secondary N) is 1. The summed E-state index contributed by atoms with van der Waals surface area (Å²) in [7, 11) is 1.63. The maximum Gasteiger partial charge on any atom is 0.232 e. The first kappa shape index (κ1) is 22.7. The normalized spacial score (nSPS) is 10.5. The third-order valence-corrected chi connectivity index (χ3v) is 5.48. The third-order valence-electron chi connectivity index (χ3n) is 4.21. The molecule has 3 rings (SSSR count). The van der Waals surface area contributed by atoms with E-state index in [9.17, 15) is 4.79 Å². The zero-order valence-electron chi connectivity index (χ0n) is 17.1. The summed E-state index contributed by atoms with van der Waals surface area (Å²) in [6, 6.07) is 14.5. The number of halogens is 1. The Bertz CT molecular complexity index is 1020. The molecule has 0 atom stereocenters. The minimum Gasteiger partial charge on any atom is -0.497 e. The second kappa shape index (κ2) is 11.4. The Hall–Kier alpha value is -2.97. The van der Waals surface area contributed by atoms with Crippen LogP contribution in [0.15, 0.2) is 66.3 Å². The van der Waals surface area contributed by atoms with Crippen LogP contribution in [0.1, 0.15) is 5.82 Å². The molecule has 0 aliphatic carbocycles. The molecule has 1 heterocycles. The van der Waals surface area contributed by atoms with Crippen LogP contribution in [0.5, 0.6) is 11.5 Å². The SMILES string of the molecule is C=CCn1c(CC(=O)Nc2ccccc2Cl)nnc1SCCOc1ccc(OC)cc1. The number of methoxy groups -OCH3 is 1. The zero-order valence-corrected chi connectivity index (χ0v) is 18.7.